The molecule has 25 heavy (non-hydrogen) atoms. The number of likely N-dealkylation sites (tertiary alicyclic amines) is 2. The molecule has 2 fully saturated rings. The Morgan fingerprint density at radius 3 is 2.72 bits per heavy atom. The van der Waals surface area contributed by atoms with Crippen LogP contribution >= 0.6 is 0 Å². The lowest BCUT2D eigenvalue weighted by molar-refractivity contribution is -0.134. The molecule has 3 rings (SSSR count). The third-order valence-electron chi connectivity index (χ3n) is 5.41. The van der Waals surface area contributed by atoms with Gasteiger partial charge in [0, 0.05) is 51.6 Å². The Morgan fingerprint density at radius 2 is 2.00 bits per heavy atom. The van der Waals surface area contributed by atoms with Crippen molar-refractivity contribution in [2.75, 3.05) is 33.2 Å². The molecule has 0 N–H and O–H groups in total. The molecule has 5 heteroatoms. The van der Waals surface area contributed by atoms with Gasteiger partial charge in [-0.3, -0.25) is 14.5 Å². The van der Waals surface area contributed by atoms with Crippen molar-refractivity contribution in [3.8, 4) is 0 Å². The molecule has 2 heterocycles. The van der Waals surface area contributed by atoms with Crippen LogP contribution in [0.5, 0.6) is 0 Å². The smallest absolute Gasteiger partial charge is 0.224 e. The maximum atomic E-state index is 12.6. The molecular weight excluding hydrogens is 314 g/mol. The first kappa shape index (κ1) is 17.9. The normalized spacial score (nSPS) is 21.2. The van der Waals surface area contributed by atoms with Crippen LogP contribution in [0.15, 0.2) is 30.3 Å². The fraction of sp³-hybridized carbons (Fsp3) is 0.600. The van der Waals surface area contributed by atoms with E-state index in [4.69, 9.17) is 0 Å². The van der Waals surface area contributed by atoms with E-state index < -0.39 is 0 Å². The molecule has 2 amide bonds. The van der Waals surface area contributed by atoms with Crippen LogP contribution in [0, 0.1) is 0 Å². The van der Waals surface area contributed by atoms with Crippen LogP contribution < -0.4 is 0 Å². The van der Waals surface area contributed by atoms with E-state index in [0.717, 1.165) is 45.4 Å². The first-order chi connectivity index (χ1) is 12.1. The van der Waals surface area contributed by atoms with E-state index in [-0.39, 0.29) is 11.8 Å². The number of likely N-dealkylation sites (N-methyl/N-ethyl adjacent to an activating group) is 1. The summed E-state index contributed by atoms with van der Waals surface area (Å²) in [6.07, 6.45) is 4.23. The lowest BCUT2D eigenvalue weighted by Crippen LogP contribution is -2.48. The third-order valence-corrected chi connectivity index (χ3v) is 5.41. The molecule has 1 atom stereocenters. The van der Waals surface area contributed by atoms with Gasteiger partial charge in [-0.2, -0.15) is 0 Å². The molecule has 0 aliphatic carbocycles. The van der Waals surface area contributed by atoms with Gasteiger partial charge in [0.15, 0.2) is 0 Å². The fourth-order valence-corrected chi connectivity index (χ4v) is 3.87. The van der Waals surface area contributed by atoms with Gasteiger partial charge in [-0.05, 0) is 31.9 Å². The Balaban J connectivity index is 1.48. The largest absolute Gasteiger partial charge is 0.342 e. The summed E-state index contributed by atoms with van der Waals surface area (Å²) in [6.45, 7) is 3.96. The molecule has 0 aromatic heterocycles. The van der Waals surface area contributed by atoms with E-state index >= 15 is 0 Å². The van der Waals surface area contributed by atoms with Crippen LogP contribution in [0.4, 0.5) is 0 Å². The van der Waals surface area contributed by atoms with E-state index in [1.807, 2.05) is 15.9 Å². The molecule has 1 aromatic rings. The number of carbonyl (C=O) groups excluding carboxylic acids is 2. The minimum absolute atomic E-state index is 0.192. The third kappa shape index (κ3) is 4.82. The molecule has 0 radical (unpaired) electrons. The minimum Gasteiger partial charge on any atom is -0.342 e. The van der Waals surface area contributed by atoms with Crippen molar-refractivity contribution >= 4 is 11.8 Å². The zero-order valence-corrected chi connectivity index (χ0v) is 15.2. The SMILES string of the molecule is CN(Cc1ccccc1)C1CCCN(C(=O)CCN2CCCC2=O)C1. The molecular formula is C20H29N3O2. The van der Waals surface area contributed by atoms with E-state index in [1.165, 1.54) is 5.56 Å². The Labute approximate surface area is 150 Å². The molecule has 136 valence electrons. The van der Waals surface area contributed by atoms with Crippen molar-refractivity contribution in [2.45, 2.75) is 44.7 Å². The van der Waals surface area contributed by atoms with Gasteiger partial charge in [0.2, 0.25) is 11.8 Å². The summed E-state index contributed by atoms with van der Waals surface area (Å²) in [5.74, 6) is 0.393. The second-order valence-corrected chi connectivity index (χ2v) is 7.27. The molecule has 0 bridgehead atoms. The Hall–Kier alpha value is -1.88. The molecule has 0 spiro atoms. The zero-order chi connectivity index (χ0) is 17.6. The van der Waals surface area contributed by atoms with Crippen molar-refractivity contribution in [3.63, 3.8) is 0 Å². The van der Waals surface area contributed by atoms with Crippen LogP contribution in [0.25, 0.3) is 0 Å². The molecule has 5 nitrogen and oxygen atoms in total. The van der Waals surface area contributed by atoms with E-state index in [1.54, 1.807) is 0 Å². The summed E-state index contributed by atoms with van der Waals surface area (Å²) in [7, 11) is 2.15. The minimum atomic E-state index is 0.192. The van der Waals surface area contributed by atoms with Crippen LogP contribution in [-0.4, -0.2) is 65.8 Å². The van der Waals surface area contributed by atoms with Crippen molar-refractivity contribution in [1.29, 1.82) is 0 Å². The lowest BCUT2D eigenvalue weighted by atomic mass is 10.0. The van der Waals surface area contributed by atoms with Gasteiger partial charge in [-0.25, -0.2) is 0 Å². The number of nitrogens with zero attached hydrogens (tertiary/aromatic N) is 3. The second-order valence-electron chi connectivity index (χ2n) is 7.27. The predicted molar refractivity (Wildman–Crippen MR) is 97.9 cm³/mol. The van der Waals surface area contributed by atoms with Gasteiger partial charge in [0.05, 0.1) is 0 Å². The number of hydrogen-bond donors (Lipinski definition) is 0. The number of benzene rings is 1. The van der Waals surface area contributed by atoms with Crippen molar-refractivity contribution < 1.29 is 9.59 Å². The van der Waals surface area contributed by atoms with Gasteiger partial charge in [-0.1, -0.05) is 30.3 Å². The van der Waals surface area contributed by atoms with Crippen LogP contribution in [-0.2, 0) is 16.1 Å². The summed E-state index contributed by atoms with van der Waals surface area (Å²) in [5, 5.41) is 0. The molecule has 2 saturated heterocycles. The summed E-state index contributed by atoms with van der Waals surface area (Å²) >= 11 is 0. The summed E-state index contributed by atoms with van der Waals surface area (Å²) in [6, 6.07) is 10.9. The number of hydrogen-bond acceptors (Lipinski definition) is 3. The Bertz CT molecular complexity index is 590. The highest BCUT2D eigenvalue weighted by Gasteiger charge is 2.27. The molecule has 2 aliphatic rings. The highest BCUT2D eigenvalue weighted by atomic mass is 16.2. The second kappa shape index (κ2) is 8.48. The van der Waals surface area contributed by atoms with Gasteiger partial charge in [0.1, 0.15) is 0 Å². The van der Waals surface area contributed by atoms with Gasteiger partial charge >= 0.3 is 0 Å². The summed E-state index contributed by atoms with van der Waals surface area (Å²) in [5.41, 5.74) is 1.31. The van der Waals surface area contributed by atoms with Gasteiger partial charge < -0.3 is 9.80 Å². The highest BCUT2D eigenvalue weighted by Crippen LogP contribution is 2.18. The zero-order valence-electron chi connectivity index (χ0n) is 15.2. The number of amides is 2. The maximum Gasteiger partial charge on any atom is 0.224 e. The first-order valence-electron chi connectivity index (χ1n) is 9.43. The standard InChI is InChI=1S/C20H29N3O2/c1-21(15-17-7-3-2-4-8-17)18-9-5-13-23(16-18)20(25)11-14-22-12-6-10-19(22)24/h2-4,7-8,18H,5-6,9-16H2,1H3. The monoisotopic (exact) mass is 343 g/mol. The number of carbonyl (C=O) groups is 2. The van der Waals surface area contributed by atoms with E-state index in [0.29, 0.717) is 25.4 Å². The van der Waals surface area contributed by atoms with Gasteiger partial charge in [0.25, 0.3) is 0 Å². The molecule has 0 saturated carbocycles. The van der Waals surface area contributed by atoms with Crippen molar-refractivity contribution in [2.24, 2.45) is 0 Å². The molecule has 1 aromatic carbocycles. The first-order valence-corrected chi connectivity index (χ1v) is 9.43. The van der Waals surface area contributed by atoms with Crippen LogP contribution in [0.2, 0.25) is 0 Å². The fourth-order valence-electron chi connectivity index (χ4n) is 3.87. The average Bonchev–Trinajstić information content (AvgIpc) is 3.05. The quantitative estimate of drug-likeness (QED) is 0.795. The maximum absolute atomic E-state index is 12.6. The average molecular weight is 343 g/mol. The highest BCUT2D eigenvalue weighted by molar-refractivity contribution is 5.80. The number of piperidine rings is 1. The van der Waals surface area contributed by atoms with Crippen LogP contribution in [0.3, 0.4) is 0 Å². The Kier molecular flexibility index (Phi) is 6.08. The van der Waals surface area contributed by atoms with E-state index in [9.17, 15) is 9.59 Å². The lowest BCUT2D eigenvalue weighted by Gasteiger charge is -2.38. The molecule has 2 aliphatic heterocycles. The van der Waals surface area contributed by atoms with Crippen molar-refractivity contribution in [3.05, 3.63) is 35.9 Å². The summed E-state index contributed by atoms with van der Waals surface area (Å²) in [4.78, 5) is 30.4. The predicted octanol–water partition coefficient (Wildman–Crippen LogP) is 2.12. The Morgan fingerprint density at radius 1 is 1.20 bits per heavy atom. The van der Waals surface area contributed by atoms with Crippen molar-refractivity contribution in [1.82, 2.24) is 14.7 Å². The molecule has 1 unspecified atom stereocenters. The van der Waals surface area contributed by atoms with Gasteiger partial charge in [-0.15, -0.1) is 0 Å². The van der Waals surface area contributed by atoms with E-state index in [2.05, 4.69) is 36.2 Å². The topological polar surface area (TPSA) is 43.9 Å². The van der Waals surface area contributed by atoms with Crippen LogP contribution in [0.1, 0.15) is 37.7 Å². The summed E-state index contributed by atoms with van der Waals surface area (Å²) < 4.78 is 0. The number of rotatable bonds is 6.